The minimum Gasteiger partial charge on any atom is -0.378 e. The lowest BCUT2D eigenvalue weighted by molar-refractivity contribution is -0.0230. The average Bonchev–Trinajstić information content (AvgIpc) is 2.92. The molecule has 4 aliphatic rings. The average molecular weight is 505 g/mol. The van der Waals surface area contributed by atoms with Gasteiger partial charge in [-0.25, -0.2) is 0 Å². The lowest BCUT2D eigenvalue weighted by Crippen LogP contribution is -2.30. The van der Waals surface area contributed by atoms with E-state index >= 15 is 0 Å². The van der Waals surface area contributed by atoms with E-state index in [0.29, 0.717) is 18.4 Å². The molecule has 2 unspecified atom stereocenters. The number of hydrogen-bond acceptors (Lipinski definition) is 1. The fourth-order valence-corrected chi connectivity index (χ4v) is 8.50. The maximum atomic E-state index is 12.3. The molecule has 0 amide bonds. The highest BCUT2D eigenvalue weighted by molar-refractivity contribution is 4.87. The van der Waals surface area contributed by atoms with E-state index in [1.54, 1.807) is 0 Å². The minimum absolute atomic E-state index is 0.489. The van der Waals surface area contributed by atoms with Crippen LogP contribution < -0.4 is 0 Å². The van der Waals surface area contributed by atoms with E-state index in [1.165, 1.54) is 103 Å². The second kappa shape index (κ2) is 15.0. The minimum atomic E-state index is -1.50. The lowest BCUT2D eigenvalue weighted by atomic mass is 9.64. The Morgan fingerprint density at radius 1 is 0.583 bits per heavy atom. The van der Waals surface area contributed by atoms with Gasteiger partial charge in [-0.3, -0.25) is 0 Å². The molecule has 0 aromatic rings. The zero-order chi connectivity index (χ0) is 25.2. The number of hydrogen-bond donors (Lipinski definition) is 0. The summed E-state index contributed by atoms with van der Waals surface area (Å²) in [6, 6.07) is 0. The van der Waals surface area contributed by atoms with Gasteiger partial charge in [0.15, 0.2) is 0 Å². The van der Waals surface area contributed by atoms with Crippen LogP contribution in [0.2, 0.25) is 0 Å². The monoisotopic (exact) mass is 504 g/mol. The van der Waals surface area contributed by atoms with Crippen LogP contribution in [0.15, 0.2) is 24.8 Å². The molecule has 4 fully saturated rings. The first kappa shape index (κ1) is 28.3. The van der Waals surface area contributed by atoms with Gasteiger partial charge in [0.05, 0.1) is 6.10 Å². The van der Waals surface area contributed by atoms with Gasteiger partial charge in [0.2, 0.25) is 0 Å². The smallest absolute Gasteiger partial charge is 0.266 e. The molecule has 2 atom stereocenters. The van der Waals surface area contributed by atoms with Crippen molar-refractivity contribution in [3.63, 3.8) is 0 Å². The summed E-state index contributed by atoms with van der Waals surface area (Å²) in [5, 5.41) is 0. The Hall–Kier alpha value is -0.700. The number of rotatable bonds is 11. The molecule has 0 radical (unpaired) electrons. The van der Waals surface area contributed by atoms with E-state index in [1.807, 2.05) is 6.08 Å². The number of halogens is 2. The maximum absolute atomic E-state index is 12.3. The first-order chi connectivity index (χ1) is 17.6. The molecule has 206 valence electrons. The summed E-state index contributed by atoms with van der Waals surface area (Å²) in [6.45, 7) is 4.84. The molecule has 0 aromatic carbocycles. The third kappa shape index (κ3) is 8.95. The van der Waals surface area contributed by atoms with Crippen molar-refractivity contribution in [3.05, 3.63) is 24.8 Å². The molecule has 0 aromatic heterocycles. The molecule has 1 aliphatic heterocycles. The third-order valence-corrected chi connectivity index (χ3v) is 10.9. The molecule has 0 bridgehead atoms. The van der Waals surface area contributed by atoms with Crippen molar-refractivity contribution in [1.82, 2.24) is 0 Å². The molecule has 0 N–H and O–H groups in total. The van der Waals surface area contributed by atoms with Gasteiger partial charge in [-0.05, 0) is 144 Å². The van der Waals surface area contributed by atoms with Gasteiger partial charge >= 0.3 is 0 Å². The highest BCUT2D eigenvalue weighted by Gasteiger charge is 2.34. The van der Waals surface area contributed by atoms with Crippen LogP contribution in [-0.4, -0.2) is 12.7 Å². The second-order valence-electron chi connectivity index (χ2n) is 13.1. The predicted octanol–water partition coefficient (Wildman–Crippen LogP) is 10.5. The second-order valence-corrected chi connectivity index (χ2v) is 13.1. The molecule has 1 nitrogen and oxygen atoms in total. The summed E-state index contributed by atoms with van der Waals surface area (Å²) in [5.74, 6) is 6.35. The van der Waals surface area contributed by atoms with Crippen molar-refractivity contribution in [3.8, 4) is 0 Å². The standard InChI is InChI=1S/C33H54F2O/c1-2-3-6-32-23-14-27(24-36-32)9-8-26-12-17-29(18-13-26)31-21-19-30(20-22-31)28-15-10-25(11-16-28)5-4-7-33(34)35/h2,7,25-32H,1,3-6,8-24H2. The Balaban J connectivity index is 1.06. The number of ether oxygens (including phenoxy) is 1. The summed E-state index contributed by atoms with van der Waals surface area (Å²) in [6.07, 6.45) is 28.4. The summed E-state index contributed by atoms with van der Waals surface area (Å²) < 4.78 is 30.7. The summed E-state index contributed by atoms with van der Waals surface area (Å²) in [7, 11) is 0. The molecule has 3 saturated carbocycles. The van der Waals surface area contributed by atoms with Gasteiger partial charge in [0, 0.05) is 6.61 Å². The van der Waals surface area contributed by atoms with Crippen molar-refractivity contribution in [2.75, 3.05) is 6.61 Å². The first-order valence-corrected chi connectivity index (χ1v) is 15.8. The molecule has 1 saturated heterocycles. The van der Waals surface area contributed by atoms with Crippen molar-refractivity contribution in [1.29, 1.82) is 0 Å². The van der Waals surface area contributed by atoms with Crippen molar-refractivity contribution in [2.24, 2.45) is 41.4 Å². The van der Waals surface area contributed by atoms with Crippen LogP contribution in [0.4, 0.5) is 8.78 Å². The first-order valence-electron chi connectivity index (χ1n) is 15.8. The zero-order valence-electron chi connectivity index (χ0n) is 23.0. The highest BCUT2D eigenvalue weighted by atomic mass is 19.3. The highest BCUT2D eigenvalue weighted by Crippen LogP contribution is 2.47. The van der Waals surface area contributed by atoms with E-state index in [0.717, 1.165) is 67.5 Å². The van der Waals surface area contributed by atoms with E-state index < -0.39 is 6.08 Å². The maximum Gasteiger partial charge on any atom is 0.266 e. The van der Waals surface area contributed by atoms with Crippen LogP contribution in [0.5, 0.6) is 0 Å². The SMILES string of the molecule is C=CCCC1CCC(CCC2CCC(C3CCC(C4CCC(CCC=C(F)F)CC4)CC3)CC2)CO1. The van der Waals surface area contributed by atoms with Gasteiger partial charge in [-0.15, -0.1) is 6.58 Å². The molecular formula is C33H54F2O. The van der Waals surface area contributed by atoms with Gasteiger partial charge < -0.3 is 4.74 Å². The fraction of sp³-hybridized carbons (Fsp3) is 0.879. The molecule has 3 heteroatoms. The molecule has 1 heterocycles. The molecule has 36 heavy (non-hydrogen) atoms. The van der Waals surface area contributed by atoms with Gasteiger partial charge in [0.25, 0.3) is 6.08 Å². The Kier molecular flexibility index (Phi) is 11.8. The summed E-state index contributed by atoms with van der Waals surface area (Å²) >= 11 is 0. The van der Waals surface area contributed by atoms with Crippen LogP contribution in [0.25, 0.3) is 0 Å². The van der Waals surface area contributed by atoms with Crippen molar-refractivity contribution in [2.45, 2.75) is 135 Å². The van der Waals surface area contributed by atoms with Crippen molar-refractivity contribution >= 4 is 0 Å². The van der Waals surface area contributed by atoms with Crippen LogP contribution in [0.1, 0.15) is 128 Å². The fourth-order valence-electron chi connectivity index (χ4n) is 8.50. The van der Waals surface area contributed by atoms with Crippen LogP contribution in [0, 0.1) is 41.4 Å². The topological polar surface area (TPSA) is 9.23 Å². The predicted molar refractivity (Wildman–Crippen MR) is 147 cm³/mol. The van der Waals surface area contributed by atoms with Gasteiger partial charge in [-0.2, -0.15) is 8.78 Å². The normalized spacial score (nSPS) is 37.8. The van der Waals surface area contributed by atoms with Gasteiger partial charge in [-0.1, -0.05) is 38.2 Å². The Morgan fingerprint density at radius 2 is 1.06 bits per heavy atom. The molecule has 0 spiro atoms. The Labute approximate surface area is 220 Å². The summed E-state index contributed by atoms with van der Waals surface area (Å²) in [5.41, 5.74) is 0. The quantitative estimate of drug-likeness (QED) is 0.254. The summed E-state index contributed by atoms with van der Waals surface area (Å²) in [4.78, 5) is 0. The Bertz CT molecular complexity index is 639. The molecule has 3 aliphatic carbocycles. The molecule has 4 rings (SSSR count). The Morgan fingerprint density at radius 3 is 1.53 bits per heavy atom. The van der Waals surface area contributed by atoms with E-state index in [9.17, 15) is 8.78 Å². The molecular weight excluding hydrogens is 450 g/mol. The van der Waals surface area contributed by atoms with Crippen molar-refractivity contribution < 1.29 is 13.5 Å². The largest absolute Gasteiger partial charge is 0.378 e. The van der Waals surface area contributed by atoms with Crippen LogP contribution >= 0.6 is 0 Å². The van der Waals surface area contributed by atoms with E-state index in [2.05, 4.69) is 6.58 Å². The lowest BCUT2D eigenvalue weighted by Gasteiger charge is -2.41. The van der Waals surface area contributed by atoms with Crippen LogP contribution in [0.3, 0.4) is 0 Å². The zero-order valence-corrected chi connectivity index (χ0v) is 23.0. The number of allylic oxidation sites excluding steroid dienone is 2. The third-order valence-electron chi connectivity index (χ3n) is 10.9. The van der Waals surface area contributed by atoms with E-state index in [4.69, 9.17) is 4.74 Å². The van der Waals surface area contributed by atoms with E-state index in [-0.39, 0.29) is 0 Å². The van der Waals surface area contributed by atoms with Crippen LogP contribution in [-0.2, 0) is 4.74 Å². The van der Waals surface area contributed by atoms with Gasteiger partial charge in [0.1, 0.15) is 0 Å².